The number of carbonyl (C=O) groups excluding carboxylic acids is 2. The number of benzene rings is 1. The van der Waals surface area contributed by atoms with Gasteiger partial charge < -0.3 is 9.88 Å². The van der Waals surface area contributed by atoms with E-state index in [0.29, 0.717) is 5.02 Å². The van der Waals surface area contributed by atoms with E-state index in [1.807, 2.05) is 58.0 Å². The van der Waals surface area contributed by atoms with Crippen molar-refractivity contribution in [2.75, 3.05) is 0 Å². The zero-order valence-corrected chi connectivity index (χ0v) is 16.1. The van der Waals surface area contributed by atoms with Crippen LogP contribution in [0.4, 0.5) is 0 Å². The van der Waals surface area contributed by atoms with Crippen molar-refractivity contribution < 1.29 is 9.59 Å². The Morgan fingerprint density at radius 2 is 1.88 bits per heavy atom. The Kier molecular flexibility index (Phi) is 6.58. The summed E-state index contributed by atoms with van der Waals surface area (Å²) >= 11 is 5.95. The molecule has 1 aromatic heterocycles. The van der Waals surface area contributed by atoms with Crippen LogP contribution >= 0.6 is 11.6 Å². The lowest BCUT2D eigenvalue weighted by Crippen LogP contribution is -2.41. The summed E-state index contributed by atoms with van der Waals surface area (Å²) in [5.74, 6) is -1.48. The predicted octanol–water partition coefficient (Wildman–Crippen LogP) is 3.11. The van der Waals surface area contributed by atoms with Gasteiger partial charge in [0.25, 0.3) is 0 Å². The van der Waals surface area contributed by atoms with Gasteiger partial charge in [0.15, 0.2) is 0 Å². The van der Waals surface area contributed by atoms with E-state index >= 15 is 0 Å². The monoisotopic (exact) mass is 374 g/mol. The molecule has 0 spiro atoms. The summed E-state index contributed by atoms with van der Waals surface area (Å²) in [7, 11) is 0. The van der Waals surface area contributed by atoms with Crippen LogP contribution in [0.15, 0.2) is 35.4 Å². The second kappa shape index (κ2) is 8.67. The second-order valence-electron chi connectivity index (χ2n) is 6.12. The molecule has 2 amide bonds. The summed E-state index contributed by atoms with van der Waals surface area (Å²) in [6.07, 6.45) is 2.28. The second-order valence-corrected chi connectivity index (χ2v) is 6.56. The van der Waals surface area contributed by atoms with E-state index in [4.69, 9.17) is 11.6 Å². The van der Waals surface area contributed by atoms with Gasteiger partial charge in [-0.1, -0.05) is 18.5 Å². The zero-order chi connectivity index (χ0) is 19.3. The Balaban J connectivity index is 2.10. The van der Waals surface area contributed by atoms with Crippen molar-refractivity contribution in [2.45, 2.75) is 40.2 Å². The molecule has 1 atom stereocenters. The van der Waals surface area contributed by atoms with Crippen molar-refractivity contribution >= 4 is 29.6 Å². The molecule has 138 valence electrons. The molecule has 6 nitrogen and oxygen atoms in total. The summed E-state index contributed by atoms with van der Waals surface area (Å²) in [4.78, 5) is 23.4. The van der Waals surface area contributed by atoms with Crippen LogP contribution in [0.5, 0.6) is 0 Å². The van der Waals surface area contributed by atoms with Gasteiger partial charge in [0.1, 0.15) is 0 Å². The molecule has 2 rings (SSSR count). The van der Waals surface area contributed by atoms with Crippen molar-refractivity contribution in [2.24, 2.45) is 5.10 Å². The first-order valence-electron chi connectivity index (χ1n) is 8.42. The van der Waals surface area contributed by atoms with Crippen LogP contribution in [0.1, 0.15) is 37.2 Å². The van der Waals surface area contributed by atoms with Crippen LogP contribution in [-0.4, -0.2) is 28.6 Å². The number of hydrogen-bond donors (Lipinski definition) is 2. The SMILES string of the molecule is CC[C@H](C)NC(=O)C(=O)N/N=C\c1cc(C)n(-c2ccc(Cl)cc2)c1C. The van der Waals surface area contributed by atoms with Crippen LogP contribution in [0.2, 0.25) is 5.02 Å². The van der Waals surface area contributed by atoms with Crippen LogP contribution < -0.4 is 10.7 Å². The molecule has 2 N–H and O–H groups in total. The molecule has 0 aliphatic rings. The highest BCUT2D eigenvalue weighted by atomic mass is 35.5. The predicted molar refractivity (Wildman–Crippen MR) is 104 cm³/mol. The Morgan fingerprint density at radius 3 is 2.50 bits per heavy atom. The summed E-state index contributed by atoms with van der Waals surface area (Å²) < 4.78 is 2.06. The first-order valence-corrected chi connectivity index (χ1v) is 8.80. The van der Waals surface area contributed by atoms with Crippen molar-refractivity contribution in [1.29, 1.82) is 0 Å². The smallest absolute Gasteiger partial charge is 0.329 e. The topological polar surface area (TPSA) is 75.5 Å². The minimum atomic E-state index is -0.784. The van der Waals surface area contributed by atoms with Gasteiger partial charge in [-0.3, -0.25) is 9.59 Å². The number of hydrogen-bond acceptors (Lipinski definition) is 3. The fourth-order valence-corrected chi connectivity index (χ4v) is 2.63. The molecule has 0 radical (unpaired) electrons. The van der Waals surface area contributed by atoms with Crippen molar-refractivity contribution in [3.05, 3.63) is 52.3 Å². The van der Waals surface area contributed by atoms with Gasteiger partial charge >= 0.3 is 11.8 Å². The van der Waals surface area contributed by atoms with Crippen LogP contribution in [-0.2, 0) is 9.59 Å². The lowest BCUT2D eigenvalue weighted by molar-refractivity contribution is -0.139. The van der Waals surface area contributed by atoms with Crippen molar-refractivity contribution in [3.8, 4) is 5.69 Å². The number of hydrazone groups is 1. The quantitative estimate of drug-likeness (QED) is 0.479. The van der Waals surface area contributed by atoms with Crippen LogP contribution in [0.25, 0.3) is 5.69 Å². The van der Waals surface area contributed by atoms with Gasteiger partial charge in [-0.25, -0.2) is 5.43 Å². The van der Waals surface area contributed by atoms with Gasteiger partial charge in [0.05, 0.1) is 6.21 Å². The summed E-state index contributed by atoms with van der Waals surface area (Å²) in [5.41, 5.74) is 6.07. The molecule has 0 aliphatic heterocycles. The third-order valence-corrected chi connectivity index (χ3v) is 4.37. The molecule has 1 aromatic carbocycles. The van der Waals surface area contributed by atoms with Crippen molar-refractivity contribution in [1.82, 2.24) is 15.3 Å². The molecule has 7 heteroatoms. The molecular weight excluding hydrogens is 352 g/mol. The number of aryl methyl sites for hydroxylation is 1. The Labute approximate surface area is 158 Å². The van der Waals surface area contributed by atoms with Gasteiger partial charge in [-0.2, -0.15) is 5.10 Å². The van der Waals surface area contributed by atoms with Gasteiger partial charge in [-0.15, -0.1) is 0 Å². The Morgan fingerprint density at radius 1 is 1.23 bits per heavy atom. The molecule has 2 aromatic rings. The first kappa shape index (κ1) is 19.7. The van der Waals surface area contributed by atoms with E-state index in [0.717, 1.165) is 29.1 Å². The fourth-order valence-electron chi connectivity index (χ4n) is 2.51. The van der Waals surface area contributed by atoms with Gasteiger partial charge in [-0.05, 0) is 57.5 Å². The maximum Gasteiger partial charge on any atom is 0.329 e. The number of amides is 2. The summed E-state index contributed by atoms with van der Waals surface area (Å²) in [6, 6.07) is 9.43. The highest BCUT2D eigenvalue weighted by Crippen LogP contribution is 2.21. The minimum Gasteiger partial charge on any atom is -0.345 e. The average Bonchev–Trinajstić information content (AvgIpc) is 2.89. The van der Waals surface area contributed by atoms with E-state index in [1.165, 1.54) is 6.21 Å². The Bertz CT molecular complexity index is 825. The number of nitrogens with zero attached hydrogens (tertiary/aromatic N) is 2. The highest BCUT2D eigenvalue weighted by Gasteiger charge is 2.14. The van der Waals surface area contributed by atoms with Gasteiger partial charge in [0.2, 0.25) is 0 Å². The normalized spacial score (nSPS) is 12.2. The van der Waals surface area contributed by atoms with Crippen molar-refractivity contribution in [3.63, 3.8) is 0 Å². The number of nitrogens with one attached hydrogen (secondary N) is 2. The van der Waals surface area contributed by atoms with Crippen LogP contribution in [0.3, 0.4) is 0 Å². The van der Waals surface area contributed by atoms with E-state index in [9.17, 15) is 9.59 Å². The van der Waals surface area contributed by atoms with E-state index in [-0.39, 0.29) is 6.04 Å². The number of rotatable bonds is 5. The standard InChI is InChI=1S/C19H23ClN4O2/c1-5-12(2)22-18(25)19(26)23-21-11-15-10-13(3)24(14(15)4)17-8-6-16(20)7-9-17/h6-12H,5H2,1-4H3,(H,22,25)(H,23,26)/b21-11-/t12-/m0/s1. The molecule has 26 heavy (non-hydrogen) atoms. The summed E-state index contributed by atoms with van der Waals surface area (Å²) in [6.45, 7) is 7.70. The third kappa shape index (κ3) is 4.73. The van der Waals surface area contributed by atoms with Gasteiger partial charge in [0, 0.05) is 33.7 Å². The first-order chi connectivity index (χ1) is 12.3. The van der Waals surface area contributed by atoms with E-state index in [2.05, 4.69) is 20.4 Å². The Hall–Kier alpha value is -2.60. The average molecular weight is 375 g/mol. The highest BCUT2D eigenvalue weighted by molar-refractivity contribution is 6.35. The molecule has 0 unspecified atom stereocenters. The maximum atomic E-state index is 11.7. The fraction of sp³-hybridized carbons (Fsp3) is 0.316. The largest absolute Gasteiger partial charge is 0.345 e. The molecular formula is C19H23ClN4O2. The minimum absolute atomic E-state index is 0.0597. The molecule has 0 aliphatic carbocycles. The maximum absolute atomic E-state index is 11.7. The van der Waals surface area contributed by atoms with E-state index < -0.39 is 11.8 Å². The van der Waals surface area contributed by atoms with E-state index in [1.54, 1.807) is 0 Å². The molecule has 0 bridgehead atoms. The molecule has 0 fully saturated rings. The molecule has 1 heterocycles. The zero-order valence-electron chi connectivity index (χ0n) is 15.3. The third-order valence-electron chi connectivity index (χ3n) is 4.12. The summed E-state index contributed by atoms with van der Waals surface area (Å²) in [5, 5.41) is 7.17. The lowest BCUT2D eigenvalue weighted by Gasteiger charge is -2.10. The number of halogens is 1. The molecule has 0 saturated heterocycles. The molecule has 0 saturated carbocycles. The lowest BCUT2D eigenvalue weighted by atomic mass is 10.2. The number of carbonyl (C=O) groups is 2. The van der Waals surface area contributed by atoms with Crippen LogP contribution in [0, 0.1) is 13.8 Å². The number of aromatic nitrogens is 1.